The summed E-state index contributed by atoms with van der Waals surface area (Å²) in [6.45, 7) is 1.59. The summed E-state index contributed by atoms with van der Waals surface area (Å²) in [7, 11) is 0. The molecule has 0 aliphatic heterocycles. The third-order valence-electron chi connectivity index (χ3n) is 5.39. The van der Waals surface area contributed by atoms with Gasteiger partial charge in [0.2, 0.25) is 5.91 Å². The highest BCUT2D eigenvalue weighted by atomic mass is 16.4. The van der Waals surface area contributed by atoms with Crippen LogP contribution >= 0.6 is 0 Å². The van der Waals surface area contributed by atoms with Crippen molar-refractivity contribution in [2.45, 2.75) is 25.8 Å². The minimum absolute atomic E-state index is 0.0132. The van der Waals surface area contributed by atoms with Crippen molar-refractivity contribution in [2.24, 2.45) is 0 Å². The highest BCUT2D eigenvalue weighted by molar-refractivity contribution is 6.10. The topological polar surface area (TPSA) is 108 Å². The number of carbonyl (C=O) groups is 3. The fraction of sp³-hybridized carbons (Fsp3) is 0.160. The van der Waals surface area contributed by atoms with Crippen molar-refractivity contribution in [3.05, 3.63) is 72.3 Å². The number of carbonyl (C=O) groups excluding carboxylic acids is 2. The van der Waals surface area contributed by atoms with Crippen molar-refractivity contribution in [1.29, 1.82) is 0 Å². The number of nitrogens with zero attached hydrogens (tertiary/aromatic N) is 1. The van der Waals surface area contributed by atoms with E-state index in [4.69, 9.17) is 4.42 Å². The van der Waals surface area contributed by atoms with Crippen LogP contribution in [0.25, 0.3) is 21.9 Å². The van der Waals surface area contributed by atoms with Crippen LogP contribution in [-0.4, -0.2) is 33.9 Å². The number of para-hydroxylation sites is 3. The molecule has 0 aliphatic rings. The lowest BCUT2D eigenvalue weighted by molar-refractivity contribution is -0.140. The van der Waals surface area contributed by atoms with Crippen LogP contribution in [0.5, 0.6) is 5.75 Å². The Morgan fingerprint density at radius 3 is 2.34 bits per heavy atom. The van der Waals surface area contributed by atoms with Gasteiger partial charge >= 0.3 is 5.97 Å². The first-order valence-corrected chi connectivity index (χ1v) is 10.2. The number of Topliss-reactive ketones (excluding diaryl/α,β-unsaturated/α-hetero) is 1. The summed E-state index contributed by atoms with van der Waals surface area (Å²) in [6, 6.07) is 16.9. The first kappa shape index (κ1) is 21.1. The van der Waals surface area contributed by atoms with E-state index in [0.29, 0.717) is 16.7 Å². The average Bonchev–Trinajstić information content (AvgIpc) is 3.17. The molecule has 3 aromatic carbocycles. The molecule has 162 valence electrons. The van der Waals surface area contributed by atoms with Gasteiger partial charge in [-0.3, -0.25) is 14.5 Å². The first-order valence-electron chi connectivity index (χ1n) is 10.2. The SMILES string of the molecule is CCC(=O)N(c1ccccc1O)C(CC(=O)c1ccc2oc3ccccc3c2c1)C(=O)O. The van der Waals surface area contributed by atoms with Crippen LogP contribution in [0, 0.1) is 0 Å². The number of rotatable bonds is 7. The maximum atomic E-state index is 13.1. The molecule has 0 saturated carbocycles. The van der Waals surface area contributed by atoms with E-state index in [2.05, 4.69) is 0 Å². The molecule has 0 aliphatic carbocycles. The third kappa shape index (κ3) is 3.80. The molecule has 1 aromatic heterocycles. The lowest BCUT2D eigenvalue weighted by Gasteiger charge is -2.29. The predicted octanol–water partition coefficient (Wildman–Crippen LogP) is 4.76. The van der Waals surface area contributed by atoms with Crippen LogP contribution in [0.15, 0.2) is 71.1 Å². The normalized spacial score (nSPS) is 12.0. The molecular formula is C25H21NO6. The van der Waals surface area contributed by atoms with Crippen LogP contribution in [0.4, 0.5) is 5.69 Å². The molecule has 1 unspecified atom stereocenters. The van der Waals surface area contributed by atoms with E-state index < -0.39 is 30.1 Å². The maximum absolute atomic E-state index is 13.1. The summed E-state index contributed by atoms with van der Waals surface area (Å²) < 4.78 is 5.78. The van der Waals surface area contributed by atoms with Crippen LogP contribution < -0.4 is 4.90 Å². The molecule has 4 aromatic rings. The second-order valence-corrected chi connectivity index (χ2v) is 7.40. The molecule has 1 amide bonds. The molecule has 0 saturated heterocycles. The Balaban J connectivity index is 1.71. The van der Waals surface area contributed by atoms with Crippen LogP contribution in [0.2, 0.25) is 0 Å². The van der Waals surface area contributed by atoms with E-state index in [1.165, 1.54) is 12.1 Å². The van der Waals surface area contributed by atoms with Gasteiger partial charge in [0.25, 0.3) is 0 Å². The highest BCUT2D eigenvalue weighted by Crippen LogP contribution is 2.32. The molecule has 32 heavy (non-hydrogen) atoms. The van der Waals surface area contributed by atoms with Gasteiger partial charge in [0.15, 0.2) is 5.78 Å². The summed E-state index contributed by atoms with van der Waals surface area (Å²) in [5, 5.41) is 21.7. The number of phenols is 1. The van der Waals surface area contributed by atoms with Crippen molar-refractivity contribution < 1.29 is 29.0 Å². The zero-order chi connectivity index (χ0) is 22.8. The third-order valence-corrected chi connectivity index (χ3v) is 5.39. The number of carboxylic acid groups (broad SMARTS) is 1. The molecular weight excluding hydrogens is 410 g/mol. The second-order valence-electron chi connectivity index (χ2n) is 7.40. The number of hydrogen-bond acceptors (Lipinski definition) is 5. The minimum atomic E-state index is -1.47. The number of anilines is 1. The average molecular weight is 431 g/mol. The van der Waals surface area contributed by atoms with Gasteiger partial charge in [-0.2, -0.15) is 0 Å². The number of furan rings is 1. The van der Waals surface area contributed by atoms with Crippen LogP contribution in [-0.2, 0) is 9.59 Å². The predicted molar refractivity (Wildman–Crippen MR) is 120 cm³/mol. The zero-order valence-corrected chi connectivity index (χ0v) is 17.3. The van der Waals surface area contributed by atoms with Gasteiger partial charge in [0.1, 0.15) is 23.0 Å². The zero-order valence-electron chi connectivity index (χ0n) is 17.3. The number of amides is 1. The lowest BCUT2D eigenvalue weighted by atomic mass is 9.99. The minimum Gasteiger partial charge on any atom is -0.506 e. The molecule has 7 nitrogen and oxygen atoms in total. The molecule has 1 heterocycles. The lowest BCUT2D eigenvalue weighted by Crippen LogP contribution is -2.46. The number of carboxylic acids is 1. The second kappa shape index (κ2) is 8.55. The molecule has 1 atom stereocenters. The fourth-order valence-electron chi connectivity index (χ4n) is 3.80. The number of fused-ring (bicyclic) bond motifs is 3. The smallest absolute Gasteiger partial charge is 0.327 e. The fourth-order valence-corrected chi connectivity index (χ4v) is 3.80. The van der Waals surface area contributed by atoms with E-state index in [-0.39, 0.29) is 17.9 Å². The Morgan fingerprint density at radius 2 is 1.62 bits per heavy atom. The molecule has 0 spiro atoms. The Hall–Kier alpha value is -4.13. The Kier molecular flexibility index (Phi) is 5.64. The van der Waals surface area contributed by atoms with Crippen molar-refractivity contribution in [3.8, 4) is 5.75 Å². The summed E-state index contributed by atoms with van der Waals surface area (Å²) in [6.07, 6.45) is -0.435. The van der Waals surface area contributed by atoms with Crippen molar-refractivity contribution in [1.82, 2.24) is 0 Å². The van der Waals surface area contributed by atoms with Gasteiger partial charge < -0.3 is 14.6 Å². The molecule has 0 fully saturated rings. The highest BCUT2D eigenvalue weighted by Gasteiger charge is 2.34. The van der Waals surface area contributed by atoms with Gasteiger partial charge in [-0.25, -0.2) is 4.79 Å². The summed E-state index contributed by atoms with van der Waals surface area (Å²) in [5.74, 6) is -2.52. The number of benzene rings is 3. The number of ketones is 1. The molecule has 7 heteroatoms. The Morgan fingerprint density at radius 1 is 0.938 bits per heavy atom. The van der Waals surface area contributed by atoms with E-state index in [1.54, 1.807) is 37.3 Å². The molecule has 0 bridgehead atoms. The first-order chi connectivity index (χ1) is 15.4. The van der Waals surface area contributed by atoms with Crippen molar-refractivity contribution >= 4 is 45.3 Å². The van der Waals surface area contributed by atoms with E-state index >= 15 is 0 Å². The standard InChI is InChI=1S/C25H21NO6/c1-2-24(29)26(18-8-4-5-9-20(18)27)19(25(30)31)14-21(28)15-11-12-23-17(13-15)16-7-3-6-10-22(16)32-23/h3-13,19,27H,2,14H2,1H3,(H,30,31). The van der Waals surface area contributed by atoms with Gasteiger partial charge in [0, 0.05) is 29.2 Å². The van der Waals surface area contributed by atoms with Crippen LogP contribution in [0.3, 0.4) is 0 Å². The maximum Gasteiger partial charge on any atom is 0.327 e. The van der Waals surface area contributed by atoms with Gasteiger partial charge in [-0.05, 0) is 36.4 Å². The molecule has 2 N–H and O–H groups in total. The van der Waals surface area contributed by atoms with Crippen molar-refractivity contribution in [3.63, 3.8) is 0 Å². The quantitative estimate of drug-likeness (QED) is 0.409. The molecule has 0 radical (unpaired) electrons. The van der Waals surface area contributed by atoms with E-state index in [0.717, 1.165) is 15.7 Å². The van der Waals surface area contributed by atoms with E-state index in [1.807, 2.05) is 24.3 Å². The summed E-state index contributed by atoms with van der Waals surface area (Å²) in [5.41, 5.74) is 1.68. The van der Waals surface area contributed by atoms with E-state index in [9.17, 15) is 24.6 Å². The number of phenolic OH excluding ortho intramolecular Hbond substituents is 1. The van der Waals surface area contributed by atoms with Crippen LogP contribution in [0.1, 0.15) is 30.1 Å². The monoisotopic (exact) mass is 431 g/mol. The molecule has 4 rings (SSSR count). The number of aliphatic carboxylic acids is 1. The van der Waals surface area contributed by atoms with Crippen molar-refractivity contribution in [2.75, 3.05) is 4.90 Å². The number of hydrogen-bond donors (Lipinski definition) is 2. The van der Waals surface area contributed by atoms with Gasteiger partial charge in [-0.1, -0.05) is 37.3 Å². The number of aromatic hydroxyl groups is 1. The Labute approximate surface area is 183 Å². The summed E-state index contributed by atoms with van der Waals surface area (Å²) in [4.78, 5) is 38.8. The van der Waals surface area contributed by atoms with Gasteiger partial charge in [0.05, 0.1) is 5.69 Å². The Bertz CT molecular complexity index is 1340. The largest absolute Gasteiger partial charge is 0.506 e. The van der Waals surface area contributed by atoms with Gasteiger partial charge in [-0.15, -0.1) is 0 Å². The summed E-state index contributed by atoms with van der Waals surface area (Å²) >= 11 is 0.